The normalized spacial score (nSPS) is 17.4. The third kappa shape index (κ3) is 11.8. The van der Waals surface area contributed by atoms with Crippen LogP contribution in [0.25, 0.3) is 0 Å². The molecular formula is C23H35ClO5. The lowest BCUT2D eigenvalue weighted by molar-refractivity contribution is -0.0714. The van der Waals surface area contributed by atoms with Crippen molar-refractivity contribution < 1.29 is 24.8 Å². The summed E-state index contributed by atoms with van der Waals surface area (Å²) in [7, 11) is 1.00. The van der Waals surface area contributed by atoms with Crippen LogP contribution in [0.15, 0.2) is 48.5 Å². The van der Waals surface area contributed by atoms with Crippen molar-refractivity contribution in [1.82, 2.24) is 0 Å². The summed E-state index contributed by atoms with van der Waals surface area (Å²) in [6, 6.07) is 16.1. The fraction of sp³-hybridized carbons (Fsp3) is 0.478. The van der Waals surface area contributed by atoms with Crippen LogP contribution >= 0.6 is 11.6 Å². The summed E-state index contributed by atoms with van der Waals surface area (Å²) in [6.07, 6.45) is 0.393. The molecule has 2 aromatic rings. The van der Waals surface area contributed by atoms with Crippen LogP contribution < -0.4 is 4.74 Å². The Balaban J connectivity index is 0.000000547. The monoisotopic (exact) mass is 426 g/mol. The van der Waals surface area contributed by atoms with Gasteiger partial charge in [-0.3, -0.25) is 0 Å². The van der Waals surface area contributed by atoms with Crippen molar-refractivity contribution in [3.8, 4) is 5.75 Å². The molecule has 0 saturated carbocycles. The van der Waals surface area contributed by atoms with E-state index >= 15 is 0 Å². The van der Waals surface area contributed by atoms with Gasteiger partial charge in [0.15, 0.2) is 0 Å². The van der Waals surface area contributed by atoms with Crippen molar-refractivity contribution in [3.05, 3.63) is 64.7 Å². The van der Waals surface area contributed by atoms with E-state index < -0.39 is 12.2 Å². The molecule has 2 unspecified atom stereocenters. The molecule has 1 fully saturated rings. The van der Waals surface area contributed by atoms with Crippen molar-refractivity contribution in [2.75, 3.05) is 26.9 Å². The van der Waals surface area contributed by atoms with Gasteiger partial charge in [-0.1, -0.05) is 55.8 Å². The molecule has 2 aromatic carbocycles. The maximum absolute atomic E-state index is 8.79. The van der Waals surface area contributed by atoms with Gasteiger partial charge in [-0.05, 0) is 42.7 Å². The highest BCUT2D eigenvalue weighted by Crippen LogP contribution is 2.20. The molecule has 164 valence electrons. The molecule has 0 bridgehead atoms. The first-order valence-corrected chi connectivity index (χ1v) is 10.3. The third-order valence-electron chi connectivity index (χ3n) is 3.75. The zero-order chi connectivity index (χ0) is 22.1. The molecule has 3 rings (SSSR count). The summed E-state index contributed by atoms with van der Waals surface area (Å²) in [5, 5.41) is 25.4. The SMILES string of the molecule is CC.CCOc1ccc(Cc2ccccc2Cl)cc1.CO.OC1COCC(O)C1. The van der Waals surface area contributed by atoms with Crippen LogP contribution in [-0.4, -0.2) is 54.5 Å². The van der Waals surface area contributed by atoms with Gasteiger partial charge in [-0.15, -0.1) is 0 Å². The molecular weight excluding hydrogens is 392 g/mol. The highest BCUT2D eigenvalue weighted by molar-refractivity contribution is 6.31. The van der Waals surface area contributed by atoms with Gasteiger partial charge in [-0.25, -0.2) is 0 Å². The van der Waals surface area contributed by atoms with E-state index in [1.54, 1.807) is 0 Å². The van der Waals surface area contributed by atoms with E-state index in [1.807, 2.05) is 51.1 Å². The number of aliphatic hydroxyl groups excluding tert-OH is 3. The molecule has 0 spiro atoms. The van der Waals surface area contributed by atoms with Gasteiger partial charge < -0.3 is 24.8 Å². The number of ether oxygens (including phenoxy) is 2. The summed E-state index contributed by atoms with van der Waals surface area (Å²) < 4.78 is 10.2. The topological polar surface area (TPSA) is 79.2 Å². The molecule has 1 heterocycles. The van der Waals surface area contributed by atoms with Crippen molar-refractivity contribution >= 4 is 11.6 Å². The minimum atomic E-state index is -0.459. The Kier molecular flexibility index (Phi) is 16.3. The molecule has 5 nitrogen and oxygen atoms in total. The minimum absolute atomic E-state index is 0.372. The molecule has 6 heteroatoms. The number of hydrogen-bond acceptors (Lipinski definition) is 5. The molecule has 0 amide bonds. The molecule has 29 heavy (non-hydrogen) atoms. The van der Waals surface area contributed by atoms with Gasteiger partial charge in [0.1, 0.15) is 5.75 Å². The molecule has 0 aromatic heterocycles. The van der Waals surface area contributed by atoms with Crippen LogP contribution in [0.1, 0.15) is 38.3 Å². The van der Waals surface area contributed by atoms with Gasteiger partial charge in [0, 0.05) is 18.6 Å². The first-order valence-electron chi connectivity index (χ1n) is 9.92. The standard InChI is InChI=1S/C15H15ClO.C5H10O3.C2H6.CH4O/c1-2-17-14-9-7-12(8-10-14)11-13-5-3-4-6-15(13)16;6-4-1-5(7)3-8-2-4;2*1-2/h3-10H,2,11H2,1H3;4-7H,1-3H2;1-2H3;2H,1H3. The second kappa shape index (κ2) is 17.2. The molecule has 1 saturated heterocycles. The third-order valence-corrected chi connectivity index (χ3v) is 4.12. The van der Waals surface area contributed by atoms with Gasteiger partial charge in [0.25, 0.3) is 0 Å². The summed E-state index contributed by atoms with van der Waals surface area (Å²) in [5.41, 5.74) is 2.39. The van der Waals surface area contributed by atoms with E-state index in [-0.39, 0.29) is 0 Å². The zero-order valence-electron chi connectivity index (χ0n) is 17.8. The first kappa shape index (κ1) is 27.4. The number of aliphatic hydroxyl groups is 3. The predicted octanol–water partition coefficient (Wildman–Crippen LogP) is 4.09. The fourth-order valence-corrected chi connectivity index (χ4v) is 2.72. The molecule has 3 N–H and O–H groups in total. The Morgan fingerprint density at radius 2 is 1.52 bits per heavy atom. The first-order chi connectivity index (χ1) is 14.1. The van der Waals surface area contributed by atoms with Crippen LogP contribution in [0.5, 0.6) is 5.75 Å². The lowest BCUT2D eigenvalue weighted by Crippen LogP contribution is -2.32. The van der Waals surface area contributed by atoms with E-state index in [9.17, 15) is 0 Å². The van der Waals surface area contributed by atoms with E-state index in [2.05, 4.69) is 18.2 Å². The Morgan fingerprint density at radius 3 is 1.97 bits per heavy atom. The smallest absolute Gasteiger partial charge is 0.119 e. The second-order valence-corrected chi connectivity index (χ2v) is 6.33. The number of halogens is 1. The summed E-state index contributed by atoms with van der Waals surface area (Å²) in [4.78, 5) is 0. The maximum Gasteiger partial charge on any atom is 0.119 e. The summed E-state index contributed by atoms with van der Waals surface area (Å²) >= 11 is 6.13. The predicted molar refractivity (Wildman–Crippen MR) is 119 cm³/mol. The highest BCUT2D eigenvalue weighted by atomic mass is 35.5. The quantitative estimate of drug-likeness (QED) is 0.686. The fourth-order valence-electron chi connectivity index (χ4n) is 2.52. The van der Waals surface area contributed by atoms with E-state index in [1.165, 1.54) is 5.56 Å². The lowest BCUT2D eigenvalue weighted by Gasteiger charge is -2.21. The number of benzene rings is 2. The van der Waals surface area contributed by atoms with Crippen molar-refractivity contribution in [2.24, 2.45) is 0 Å². The van der Waals surface area contributed by atoms with Gasteiger partial charge >= 0.3 is 0 Å². The average Bonchev–Trinajstić information content (AvgIpc) is 2.75. The average molecular weight is 427 g/mol. The van der Waals surface area contributed by atoms with Crippen molar-refractivity contribution in [3.63, 3.8) is 0 Å². The molecule has 1 aliphatic rings. The molecule has 1 aliphatic heterocycles. The van der Waals surface area contributed by atoms with Crippen LogP contribution in [0, 0.1) is 0 Å². The maximum atomic E-state index is 8.79. The summed E-state index contributed by atoms with van der Waals surface area (Å²) in [5.74, 6) is 0.912. The highest BCUT2D eigenvalue weighted by Gasteiger charge is 2.17. The second-order valence-electron chi connectivity index (χ2n) is 5.93. The Bertz CT molecular complexity index is 625. The van der Waals surface area contributed by atoms with E-state index in [0.717, 1.165) is 29.9 Å². The van der Waals surface area contributed by atoms with E-state index in [4.69, 9.17) is 36.4 Å². The zero-order valence-corrected chi connectivity index (χ0v) is 18.6. The van der Waals surface area contributed by atoms with Gasteiger partial charge in [0.05, 0.1) is 32.0 Å². The summed E-state index contributed by atoms with van der Waals surface area (Å²) in [6.45, 7) is 7.43. The van der Waals surface area contributed by atoms with Crippen LogP contribution in [0.3, 0.4) is 0 Å². The number of hydrogen-bond donors (Lipinski definition) is 3. The molecule has 2 atom stereocenters. The molecule has 0 aliphatic carbocycles. The minimum Gasteiger partial charge on any atom is -0.494 e. The largest absolute Gasteiger partial charge is 0.494 e. The van der Waals surface area contributed by atoms with Gasteiger partial charge in [0.2, 0.25) is 0 Å². The van der Waals surface area contributed by atoms with Crippen LogP contribution in [0.4, 0.5) is 0 Å². The van der Waals surface area contributed by atoms with Crippen molar-refractivity contribution in [1.29, 1.82) is 0 Å². The Morgan fingerprint density at radius 1 is 0.966 bits per heavy atom. The van der Waals surface area contributed by atoms with Gasteiger partial charge in [-0.2, -0.15) is 0 Å². The van der Waals surface area contributed by atoms with Crippen LogP contribution in [-0.2, 0) is 11.2 Å². The lowest BCUT2D eigenvalue weighted by atomic mass is 10.1. The van der Waals surface area contributed by atoms with Crippen LogP contribution in [0.2, 0.25) is 5.02 Å². The Labute approximate surface area is 179 Å². The molecule has 0 radical (unpaired) electrons. The van der Waals surface area contributed by atoms with Crippen molar-refractivity contribution in [2.45, 2.75) is 45.8 Å². The van der Waals surface area contributed by atoms with E-state index in [0.29, 0.717) is 26.2 Å². The number of rotatable bonds is 4. The Hall–Kier alpha value is -1.63.